The fraction of sp³-hybridized carbons (Fsp3) is 0.344. The first-order valence-electron chi connectivity index (χ1n) is 13.8. The van der Waals surface area contributed by atoms with Gasteiger partial charge in [-0.1, -0.05) is 48.5 Å². The molecule has 3 aromatic rings. The van der Waals surface area contributed by atoms with Gasteiger partial charge in [0.15, 0.2) is 5.75 Å². The molecule has 1 aliphatic carbocycles. The number of hydrogen-bond acceptors (Lipinski definition) is 4. The predicted octanol–water partition coefficient (Wildman–Crippen LogP) is 6.09. The van der Waals surface area contributed by atoms with Gasteiger partial charge >= 0.3 is 12.1 Å². The molecule has 0 heterocycles. The molecule has 0 spiro atoms. The average Bonchev–Trinajstić information content (AvgIpc) is 3.33. The normalized spacial score (nSPS) is 14.2. The van der Waals surface area contributed by atoms with Gasteiger partial charge in [-0.25, -0.2) is 9.59 Å². The van der Waals surface area contributed by atoms with E-state index < -0.39 is 11.6 Å². The molecular weight excluding hydrogens is 504 g/mol. The lowest BCUT2D eigenvalue weighted by molar-refractivity contribution is 0.102. The van der Waals surface area contributed by atoms with Crippen LogP contribution in [0, 0.1) is 0 Å². The lowest BCUT2D eigenvalue weighted by Gasteiger charge is -2.29. The van der Waals surface area contributed by atoms with E-state index in [-0.39, 0.29) is 23.7 Å². The van der Waals surface area contributed by atoms with E-state index in [1.807, 2.05) is 62.9 Å². The number of nitrogens with one attached hydrogen (secondary N) is 3. The van der Waals surface area contributed by atoms with Crippen LogP contribution in [0.2, 0.25) is 0 Å². The fourth-order valence-corrected chi connectivity index (χ4v) is 4.91. The van der Waals surface area contributed by atoms with Crippen molar-refractivity contribution in [2.45, 2.75) is 58.5 Å². The molecule has 0 bridgehead atoms. The zero-order valence-corrected chi connectivity index (χ0v) is 23.6. The number of urea groups is 1. The van der Waals surface area contributed by atoms with Crippen molar-refractivity contribution in [1.29, 1.82) is 0 Å². The third kappa shape index (κ3) is 7.40. The molecule has 1 aliphatic rings. The molecule has 0 aromatic heterocycles. The number of aryl methyl sites for hydroxylation is 1. The van der Waals surface area contributed by atoms with Crippen molar-refractivity contribution in [2.75, 3.05) is 18.4 Å². The van der Waals surface area contributed by atoms with E-state index in [2.05, 4.69) is 28.1 Å². The molecule has 40 heavy (non-hydrogen) atoms. The number of hydrogen-bond donors (Lipinski definition) is 3. The van der Waals surface area contributed by atoms with Crippen LogP contribution >= 0.6 is 0 Å². The maximum absolute atomic E-state index is 13.2. The molecule has 8 nitrogen and oxygen atoms in total. The van der Waals surface area contributed by atoms with Gasteiger partial charge in [0.2, 0.25) is 0 Å². The van der Waals surface area contributed by atoms with Gasteiger partial charge in [-0.3, -0.25) is 4.79 Å². The molecule has 0 saturated heterocycles. The summed E-state index contributed by atoms with van der Waals surface area (Å²) in [6.45, 7) is 8.72. The van der Waals surface area contributed by atoms with Gasteiger partial charge in [-0.2, -0.15) is 0 Å². The molecule has 0 fully saturated rings. The second-order valence-corrected chi connectivity index (χ2v) is 10.9. The van der Waals surface area contributed by atoms with Crippen LogP contribution in [0.3, 0.4) is 0 Å². The average molecular weight is 543 g/mol. The third-order valence-corrected chi connectivity index (χ3v) is 6.78. The molecule has 1 unspecified atom stereocenters. The molecule has 4 rings (SSSR count). The zero-order valence-electron chi connectivity index (χ0n) is 23.6. The lowest BCUT2D eigenvalue weighted by atomic mass is 10.0. The number of ether oxygens (including phenoxy) is 1. The highest BCUT2D eigenvalue weighted by molar-refractivity contribution is 6.05. The molecular formula is C32H38N4O4. The van der Waals surface area contributed by atoms with E-state index in [0.717, 1.165) is 30.4 Å². The molecule has 0 saturated carbocycles. The molecule has 0 aliphatic heterocycles. The molecule has 1 atom stereocenters. The number of para-hydroxylation sites is 2. The van der Waals surface area contributed by atoms with Crippen LogP contribution in [0.15, 0.2) is 72.8 Å². The predicted molar refractivity (Wildman–Crippen MR) is 157 cm³/mol. The van der Waals surface area contributed by atoms with Crippen LogP contribution in [0.1, 0.15) is 67.2 Å². The summed E-state index contributed by atoms with van der Waals surface area (Å²) in [5, 5.41) is 8.67. The summed E-state index contributed by atoms with van der Waals surface area (Å²) < 4.78 is 5.45. The Morgan fingerprint density at radius 2 is 1.70 bits per heavy atom. The van der Waals surface area contributed by atoms with Crippen molar-refractivity contribution in [3.05, 3.63) is 95.1 Å². The Morgan fingerprint density at radius 3 is 2.42 bits per heavy atom. The minimum Gasteiger partial charge on any atom is -0.408 e. The summed E-state index contributed by atoms with van der Waals surface area (Å²) in [5.41, 5.74) is 3.77. The van der Waals surface area contributed by atoms with E-state index in [1.54, 1.807) is 30.3 Å². The number of anilines is 1. The second-order valence-electron chi connectivity index (χ2n) is 10.9. The Labute approximate surface area is 236 Å². The number of fused-ring (bicyclic) bond motifs is 1. The van der Waals surface area contributed by atoms with E-state index in [9.17, 15) is 14.4 Å². The van der Waals surface area contributed by atoms with Gasteiger partial charge in [-0.05, 0) is 87.9 Å². The van der Waals surface area contributed by atoms with Gasteiger partial charge in [0.25, 0.3) is 5.91 Å². The number of carbonyl (C=O) groups excluding carboxylic acids is 3. The van der Waals surface area contributed by atoms with Crippen LogP contribution in [0.5, 0.6) is 5.75 Å². The van der Waals surface area contributed by atoms with Gasteiger partial charge < -0.3 is 25.6 Å². The summed E-state index contributed by atoms with van der Waals surface area (Å²) in [6.07, 6.45) is 1.77. The summed E-state index contributed by atoms with van der Waals surface area (Å²) in [5.74, 6) is -0.0415. The second kappa shape index (κ2) is 12.7. The van der Waals surface area contributed by atoms with E-state index in [1.165, 1.54) is 5.56 Å². The SMILES string of the molecule is CCN(C(=O)NCCc1ccccc1)C1CCc2cc(C(=O)Nc3ccccc3OC(=O)NC(C)(C)C)ccc21. The van der Waals surface area contributed by atoms with Gasteiger partial charge in [0, 0.05) is 24.2 Å². The Hall–Kier alpha value is -4.33. The summed E-state index contributed by atoms with van der Waals surface area (Å²) >= 11 is 0. The first-order chi connectivity index (χ1) is 19.1. The lowest BCUT2D eigenvalue weighted by Crippen LogP contribution is -2.42. The van der Waals surface area contributed by atoms with Crippen molar-refractivity contribution >= 4 is 23.7 Å². The van der Waals surface area contributed by atoms with Crippen LogP contribution in [-0.4, -0.2) is 41.6 Å². The van der Waals surface area contributed by atoms with E-state index in [0.29, 0.717) is 24.3 Å². The van der Waals surface area contributed by atoms with Crippen molar-refractivity contribution in [2.24, 2.45) is 0 Å². The van der Waals surface area contributed by atoms with E-state index in [4.69, 9.17) is 4.74 Å². The Balaban J connectivity index is 1.40. The summed E-state index contributed by atoms with van der Waals surface area (Å²) in [7, 11) is 0. The molecule has 3 N–H and O–H groups in total. The smallest absolute Gasteiger partial charge is 0.408 e. The van der Waals surface area contributed by atoms with Crippen molar-refractivity contribution in [3.63, 3.8) is 0 Å². The highest BCUT2D eigenvalue weighted by atomic mass is 16.6. The molecule has 4 amide bonds. The summed E-state index contributed by atoms with van der Waals surface area (Å²) in [4.78, 5) is 40.3. The zero-order chi connectivity index (χ0) is 28.7. The number of carbonyl (C=O) groups is 3. The molecule has 0 radical (unpaired) electrons. The third-order valence-electron chi connectivity index (χ3n) is 6.78. The van der Waals surface area contributed by atoms with Gasteiger partial charge in [0.1, 0.15) is 0 Å². The van der Waals surface area contributed by atoms with E-state index >= 15 is 0 Å². The van der Waals surface area contributed by atoms with Gasteiger partial charge in [-0.15, -0.1) is 0 Å². The summed E-state index contributed by atoms with van der Waals surface area (Å²) in [6, 6.07) is 22.4. The monoisotopic (exact) mass is 542 g/mol. The van der Waals surface area contributed by atoms with Crippen LogP contribution in [0.25, 0.3) is 0 Å². The number of benzene rings is 3. The molecule has 3 aromatic carbocycles. The largest absolute Gasteiger partial charge is 0.413 e. The molecule has 210 valence electrons. The number of rotatable bonds is 8. The Morgan fingerprint density at radius 1 is 0.975 bits per heavy atom. The van der Waals surface area contributed by atoms with Crippen molar-refractivity contribution < 1.29 is 19.1 Å². The molecule has 8 heteroatoms. The first-order valence-corrected chi connectivity index (χ1v) is 13.8. The first kappa shape index (κ1) is 28.7. The minimum absolute atomic E-state index is 0.0377. The minimum atomic E-state index is -0.595. The maximum atomic E-state index is 13.2. The van der Waals surface area contributed by atoms with Crippen molar-refractivity contribution in [3.8, 4) is 5.75 Å². The van der Waals surface area contributed by atoms with Crippen LogP contribution < -0.4 is 20.7 Å². The highest BCUT2D eigenvalue weighted by Crippen LogP contribution is 2.36. The maximum Gasteiger partial charge on any atom is 0.413 e. The number of nitrogens with zero attached hydrogens (tertiary/aromatic N) is 1. The fourth-order valence-electron chi connectivity index (χ4n) is 4.91. The Bertz CT molecular complexity index is 1350. The quantitative estimate of drug-likeness (QED) is 0.321. The highest BCUT2D eigenvalue weighted by Gasteiger charge is 2.30. The standard InChI is InChI=1S/C32H38N4O4/c1-5-36(30(38)33-20-19-22-11-7-6-8-12-22)27-18-16-23-21-24(15-17-25(23)27)29(37)34-26-13-9-10-14-28(26)40-31(39)35-32(2,3)4/h6-15,17,21,27H,5,16,18-20H2,1-4H3,(H,33,38)(H,34,37)(H,35,39). The Kier molecular flexibility index (Phi) is 9.09. The van der Waals surface area contributed by atoms with Crippen LogP contribution in [0.4, 0.5) is 15.3 Å². The van der Waals surface area contributed by atoms with Gasteiger partial charge in [0.05, 0.1) is 11.7 Å². The number of amides is 4. The topological polar surface area (TPSA) is 99.8 Å². The van der Waals surface area contributed by atoms with Crippen LogP contribution in [-0.2, 0) is 12.8 Å². The van der Waals surface area contributed by atoms with Crippen molar-refractivity contribution in [1.82, 2.24) is 15.5 Å².